The predicted molar refractivity (Wildman–Crippen MR) is 67.1 cm³/mol. The fourth-order valence-electron chi connectivity index (χ4n) is 1.26. The lowest BCUT2D eigenvalue weighted by Gasteiger charge is -2.06. The minimum atomic E-state index is -1.04. The Morgan fingerprint density at radius 2 is 2.00 bits per heavy atom. The smallest absolute Gasteiger partial charge is 0.338 e. The van der Waals surface area contributed by atoms with Gasteiger partial charge in [0.25, 0.3) is 0 Å². The van der Waals surface area contributed by atoms with Crippen LogP contribution in [-0.2, 0) is 0 Å². The van der Waals surface area contributed by atoms with Crippen LogP contribution >= 0.6 is 11.9 Å². The summed E-state index contributed by atoms with van der Waals surface area (Å²) in [5, 5.41) is 9.32. The summed E-state index contributed by atoms with van der Waals surface area (Å²) in [6.07, 6.45) is 1.51. The van der Waals surface area contributed by atoms with Crippen LogP contribution in [0.15, 0.2) is 47.6 Å². The SMILES string of the molecule is O=C(O)c1cccnc1SNc1ccc(F)cc1. The van der Waals surface area contributed by atoms with Crippen LogP contribution in [-0.4, -0.2) is 16.1 Å². The van der Waals surface area contributed by atoms with Gasteiger partial charge in [0.05, 0.1) is 5.56 Å². The lowest BCUT2D eigenvalue weighted by atomic mass is 10.3. The average molecular weight is 264 g/mol. The van der Waals surface area contributed by atoms with Gasteiger partial charge in [0.15, 0.2) is 0 Å². The van der Waals surface area contributed by atoms with Gasteiger partial charge in [-0.15, -0.1) is 0 Å². The second kappa shape index (κ2) is 5.50. The number of carboxylic acids is 1. The van der Waals surface area contributed by atoms with Gasteiger partial charge in [-0.1, -0.05) is 0 Å². The van der Waals surface area contributed by atoms with E-state index in [0.29, 0.717) is 10.7 Å². The van der Waals surface area contributed by atoms with E-state index in [-0.39, 0.29) is 11.4 Å². The van der Waals surface area contributed by atoms with E-state index in [0.717, 1.165) is 11.9 Å². The minimum Gasteiger partial charge on any atom is -0.478 e. The van der Waals surface area contributed by atoms with Crippen molar-refractivity contribution < 1.29 is 14.3 Å². The number of carbonyl (C=O) groups is 1. The van der Waals surface area contributed by atoms with E-state index in [4.69, 9.17) is 5.11 Å². The fraction of sp³-hybridized carbons (Fsp3) is 0. The van der Waals surface area contributed by atoms with Crippen LogP contribution < -0.4 is 4.72 Å². The third-order valence-electron chi connectivity index (χ3n) is 2.11. The van der Waals surface area contributed by atoms with Crippen LogP contribution in [0.5, 0.6) is 0 Å². The van der Waals surface area contributed by atoms with Gasteiger partial charge in [-0.25, -0.2) is 14.2 Å². The van der Waals surface area contributed by atoms with Gasteiger partial charge in [-0.3, -0.25) is 0 Å². The fourth-order valence-corrected chi connectivity index (χ4v) is 1.99. The van der Waals surface area contributed by atoms with E-state index in [1.165, 1.54) is 24.4 Å². The number of nitrogens with one attached hydrogen (secondary N) is 1. The number of nitrogens with zero attached hydrogens (tertiary/aromatic N) is 1. The first kappa shape index (κ1) is 12.4. The molecule has 1 heterocycles. The number of aromatic carboxylic acids is 1. The molecule has 2 N–H and O–H groups in total. The molecule has 0 saturated heterocycles. The summed E-state index contributed by atoms with van der Waals surface area (Å²) in [6, 6.07) is 8.80. The second-order valence-corrected chi connectivity index (χ2v) is 4.17. The first-order valence-electron chi connectivity index (χ1n) is 5.03. The molecule has 0 radical (unpaired) electrons. The Morgan fingerprint density at radius 1 is 1.28 bits per heavy atom. The number of hydrogen-bond donors (Lipinski definition) is 2. The molecule has 2 rings (SSSR count). The van der Waals surface area contributed by atoms with Gasteiger partial charge < -0.3 is 9.83 Å². The molecular formula is C12H9FN2O2S. The molecule has 0 aliphatic heterocycles. The zero-order chi connectivity index (χ0) is 13.0. The number of benzene rings is 1. The maximum Gasteiger partial charge on any atom is 0.338 e. The Bertz CT molecular complexity index is 560. The van der Waals surface area contributed by atoms with Crippen molar-refractivity contribution in [2.45, 2.75) is 5.03 Å². The summed E-state index contributed by atoms with van der Waals surface area (Å²) in [5.41, 5.74) is 0.792. The average Bonchev–Trinajstić information content (AvgIpc) is 2.38. The molecule has 4 nitrogen and oxygen atoms in total. The van der Waals surface area contributed by atoms with Crippen LogP contribution in [0.2, 0.25) is 0 Å². The molecule has 2 aromatic rings. The summed E-state index contributed by atoms with van der Waals surface area (Å²) in [5.74, 6) is -1.36. The molecule has 6 heteroatoms. The van der Waals surface area contributed by atoms with Gasteiger partial charge in [-0.2, -0.15) is 0 Å². The van der Waals surface area contributed by atoms with E-state index < -0.39 is 5.97 Å². The highest BCUT2D eigenvalue weighted by atomic mass is 32.2. The monoisotopic (exact) mass is 264 g/mol. The topological polar surface area (TPSA) is 62.2 Å². The number of hydrogen-bond acceptors (Lipinski definition) is 4. The molecule has 0 aliphatic rings. The van der Waals surface area contributed by atoms with Crippen LogP contribution in [0.25, 0.3) is 0 Å². The van der Waals surface area contributed by atoms with Gasteiger partial charge in [0, 0.05) is 23.8 Å². The third kappa shape index (κ3) is 2.98. The Labute approximate surface area is 107 Å². The molecule has 0 unspecified atom stereocenters. The van der Waals surface area contributed by atoms with Gasteiger partial charge in [0.1, 0.15) is 10.8 Å². The van der Waals surface area contributed by atoms with Crippen molar-refractivity contribution >= 4 is 23.6 Å². The van der Waals surface area contributed by atoms with Crippen LogP contribution in [0.3, 0.4) is 0 Å². The molecule has 0 bridgehead atoms. The number of aromatic nitrogens is 1. The molecule has 0 spiro atoms. The van der Waals surface area contributed by atoms with Gasteiger partial charge >= 0.3 is 5.97 Å². The van der Waals surface area contributed by atoms with Crippen molar-refractivity contribution in [3.05, 3.63) is 54.0 Å². The largest absolute Gasteiger partial charge is 0.478 e. The quantitative estimate of drug-likeness (QED) is 0.831. The summed E-state index contributed by atoms with van der Waals surface area (Å²) in [4.78, 5) is 14.9. The molecule has 0 aliphatic carbocycles. The van der Waals surface area contributed by atoms with Crippen molar-refractivity contribution in [1.29, 1.82) is 0 Å². The Kier molecular flexibility index (Phi) is 3.78. The van der Waals surface area contributed by atoms with Crippen molar-refractivity contribution in [2.75, 3.05) is 4.72 Å². The molecule has 0 amide bonds. The number of rotatable bonds is 4. The third-order valence-corrected chi connectivity index (χ3v) is 2.97. The van der Waals surface area contributed by atoms with Crippen LogP contribution in [0.1, 0.15) is 10.4 Å². The zero-order valence-electron chi connectivity index (χ0n) is 9.13. The molecular weight excluding hydrogens is 255 g/mol. The van der Waals surface area contributed by atoms with Crippen molar-refractivity contribution in [3.63, 3.8) is 0 Å². The molecule has 0 saturated carbocycles. The highest BCUT2D eigenvalue weighted by molar-refractivity contribution is 8.00. The van der Waals surface area contributed by atoms with Crippen molar-refractivity contribution in [3.8, 4) is 0 Å². The normalized spacial score (nSPS) is 10.1. The molecule has 0 atom stereocenters. The van der Waals surface area contributed by atoms with Crippen LogP contribution in [0, 0.1) is 5.82 Å². The van der Waals surface area contributed by atoms with E-state index in [9.17, 15) is 9.18 Å². The lowest BCUT2D eigenvalue weighted by Crippen LogP contribution is -2.01. The number of carboxylic acid groups (broad SMARTS) is 1. The summed E-state index contributed by atoms with van der Waals surface area (Å²) < 4.78 is 15.6. The number of anilines is 1. The summed E-state index contributed by atoms with van der Waals surface area (Å²) >= 11 is 1.07. The van der Waals surface area contributed by atoms with Crippen molar-refractivity contribution in [2.24, 2.45) is 0 Å². The zero-order valence-corrected chi connectivity index (χ0v) is 9.95. The number of pyridine rings is 1. The summed E-state index contributed by atoms with van der Waals surface area (Å²) in [6.45, 7) is 0. The molecule has 92 valence electrons. The van der Waals surface area contributed by atoms with Gasteiger partial charge in [-0.05, 0) is 36.4 Å². The first-order chi connectivity index (χ1) is 8.66. The minimum absolute atomic E-state index is 0.122. The predicted octanol–water partition coefficient (Wildman–Crippen LogP) is 3.04. The molecule has 18 heavy (non-hydrogen) atoms. The van der Waals surface area contributed by atoms with E-state index in [1.807, 2.05) is 0 Å². The summed E-state index contributed by atoms with van der Waals surface area (Å²) in [7, 11) is 0. The Morgan fingerprint density at radius 3 is 2.67 bits per heavy atom. The Hall–Kier alpha value is -2.08. The van der Waals surface area contributed by atoms with E-state index in [2.05, 4.69) is 9.71 Å². The van der Waals surface area contributed by atoms with Gasteiger partial charge in [0.2, 0.25) is 0 Å². The Balaban J connectivity index is 2.10. The molecule has 1 aromatic carbocycles. The first-order valence-corrected chi connectivity index (χ1v) is 5.85. The second-order valence-electron chi connectivity index (χ2n) is 3.37. The van der Waals surface area contributed by atoms with Crippen molar-refractivity contribution in [1.82, 2.24) is 4.98 Å². The lowest BCUT2D eigenvalue weighted by molar-refractivity contribution is 0.0692. The molecule has 1 aromatic heterocycles. The maximum absolute atomic E-state index is 12.7. The van der Waals surface area contributed by atoms with E-state index in [1.54, 1.807) is 18.2 Å². The maximum atomic E-state index is 12.7. The number of halogens is 1. The highest BCUT2D eigenvalue weighted by Gasteiger charge is 2.10. The molecule has 0 fully saturated rings. The van der Waals surface area contributed by atoms with E-state index >= 15 is 0 Å². The van der Waals surface area contributed by atoms with Crippen LogP contribution in [0.4, 0.5) is 10.1 Å². The standard InChI is InChI=1S/C12H9FN2O2S/c13-8-3-5-9(6-4-8)15-18-11-10(12(16)17)2-1-7-14-11/h1-7,15H,(H,16,17). The highest BCUT2D eigenvalue weighted by Crippen LogP contribution is 2.22.